The van der Waals surface area contributed by atoms with Crippen molar-refractivity contribution in [3.63, 3.8) is 0 Å². The van der Waals surface area contributed by atoms with E-state index in [1.165, 1.54) is 7.11 Å². The second-order valence-electron chi connectivity index (χ2n) is 9.08. The Morgan fingerprint density at radius 1 is 0.614 bits per heavy atom. The van der Waals surface area contributed by atoms with E-state index in [-0.39, 0.29) is 51.0 Å². The van der Waals surface area contributed by atoms with Crippen LogP contribution < -0.4 is 9.47 Å². The molecule has 2 bridgehead atoms. The summed E-state index contributed by atoms with van der Waals surface area (Å²) >= 11 is 0. The van der Waals surface area contributed by atoms with Crippen LogP contribution in [0.5, 0.6) is 11.5 Å². The van der Waals surface area contributed by atoms with Crippen LogP contribution in [0.3, 0.4) is 0 Å². The van der Waals surface area contributed by atoms with Crippen molar-refractivity contribution in [2.45, 2.75) is 13.2 Å². The zero-order valence-corrected chi connectivity index (χ0v) is 24.4. The van der Waals surface area contributed by atoms with Crippen molar-refractivity contribution in [1.82, 2.24) is 0 Å². The summed E-state index contributed by atoms with van der Waals surface area (Å²) in [6, 6.07) is 5.78. The van der Waals surface area contributed by atoms with Gasteiger partial charge in [0.2, 0.25) is 0 Å². The Labute approximate surface area is 253 Å². The first-order valence-corrected chi connectivity index (χ1v) is 13.8. The second-order valence-corrected chi connectivity index (χ2v) is 9.08. The molecule has 0 saturated carbocycles. The molecule has 2 aromatic rings. The van der Waals surface area contributed by atoms with Crippen LogP contribution in [0.25, 0.3) is 0 Å². The summed E-state index contributed by atoms with van der Waals surface area (Å²) in [7, 11) is 1.47. The number of nitro groups is 2. The normalized spacial score (nSPS) is 17.1. The highest BCUT2D eigenvalue weighted by atomic mass is 16.6. The van der Waals surface area contributed by atoms with Gasteiger partial charge in [0, 0.05) is 23.3 Å². The molecule has 44 heavy (non-hydrogen) atoms. The molecule has 0 atom stereocenters. The van der Waals surface area contributed by atoms with Gasteiger partial charge in [0.25, 0.3) is 11.4 Å². The molecule has 3 rings (SSSR count). The summed E-state index contributed by atoms with van der Waals surface area (Å²) in [6.07, 6.45) is 0. The third kappa shape index (κ3) is 12.1. The molecular weight excluding hydrogens is 588 g/mol. The van der Waals surface area contributed by atoms with Crippen molar-refractivity contribution in [2.24, 2.45) is 0 Å². The number of rotatable bonds is 5. The largest absolute Gasteiger partial charge is 0.497 e. The first-order valence-electron chi connectivity index (χ1n) is 13.8. The first kappa shape index (κ1) is 34.7. The SMILES string of the molecule is COc1cc2c(OC(=O)c3cc([N+](=O)[O-])cc([N+](=O)[O-])c3)c(c1)COCCOCCOCCOCCOCCOCCOC2. The lowest BCUT2D eigenvalue weighted by Crippen LogP contribution is -2.16. The van der Waals surface area contributed by atoms with Crippen molar-refractivity contribution >= 4 is 17.3 Å². The quantitative estimate of drug-likeness (QED) is 0.204. The number of ether oxygens (including phenoxy) is 9. The van der Waals surface area contributed by atoms with Gasteiger partial charge in [-0.15, -0.1) is 0 Å². The van der Waals surface area contributed by atoms with Crippen molar-refractivity contribution < 1.29 is 57.3 Å². The highest BCUT2D eigenvalue weighted by molar-refractivity contribution is 5.93. The van der Waals surface area contributed by atoms with E-state index in [9.17, 15) is 25.0 Å². The smallest absolute Gasteiger partial charge is 0.344 e. The van der Waals surface area contributed by atoms with Crippen molar-refractivity contribution in [3.05, 3.63) is 67.3 Å². The van der Waals surface area contributed by atoms with E-state index < -0.39 is 27.2 Å². The Hall–Kier alpha value is -3.77. The van der Waals surface area contributed by atoms with Crippen molar-refractivity contribution in [1.29, 1.82) is 0 Å². The van der Waals surface area contributed by atoms with Crippen LogP contribution in [0.1, 0.15) is 21.5 Å². The summed E-state index contributed by atoms with van der Waals surface area (Å²) in [4.78, 5) is 34.2. The van der Waals surface area contributed by atoms with Crippen LogP contribution >= 0.6 is 0 Å². The number of carbonyl (C=O) groups is 1. The molecule has 16 heteroatoms. The van der Waals surface area contributed by atoms with Gasteiger partial charge < -0.3 is 42.6 Å². The van der Waals surface area contributed by atoms with E-state index in [2.05, 4.69) is 0 Å². The molecule has 0 saturated heterocycles. The molecule has 0 aliphatic carbocycles. The molecule has 0 spiro atoms. The maximum atomic E-state index is 13.2. The van der Waals surface area contributed by atoms with Crippen molar-refractivity contribution in [2.75, 3.05) is 86.4 Å². The second kappa shape index (κ2) is 19.5. The monoisotopic (exact) mass is 624 g/mol. The molecular formula is C28H36N2O14. The minimum atomic E-state index is -1.05. The van der Waals surface area contributed by atoms with Gasteiger partial charge in [0.1, 0.15) is 11.5 Å². The van der Waals surface area contributed by atoms with E-state index in [1.807, 2.05) is 0 Å². The van der Waals surface area contributed by atoms with Crippen LogP contribution in [0.4, 0.5) is 11.4 Å². The van der Waals surface area contributed by atoms with E-state index in [0.29, 0.717) is 69.7 Å². The summed E-state index contributed by atoms with van der Waals surface area (Å²) in [5.41, 5.74) is -0.827. The number of esters is 1. The fourth-order valence-electron chi connectivity index (χ4n) is 3.84. The highest BCUT2D eigenvalue weighted by Crippen LogP contribution is 2.33. The number of hydrogen-bond acceptors (Lipinski definition) is 14. The van der Waals surface area contributed by atoms with Crippen LogP contribution in [0.15, 0.2) is 30.3 Å². The number of nitrogens with zero attached hydrogens (tertiary/aromatic N) is 2. The standard InChI is InChI=1S/C28H36N2O14/c1-36-26-16-22-19-42-12-10-40-8-6-38-4-2-37-3-5-39-7-9-41-11-13-43-20-23(17-26)27(22)44-28(31)21-14-24(29(32)33)18-25(15-21)30(34)35/h14-18H,2-13,19-20H2,1H3. The maximum Gasteiger partial charge on any atom is 0.344 e. The molecule has 0 aromatic heterocycles. The number of non-ortho nitro benzene ring substituents is 2. The zero-order chi connectivity index (χ0) is 31.6. The number of fused-ring (bicyclic) bond motifs is 2. The average molecular weight is 625 g/mol. The molecule has 242 valence electrons. The molecule has 0 fully saturated rings. The van der Waals surface area contributed by atoms with E-state index in [1.54, 1.807) is 12.1 Å². The molecule has 1 aliphatic heterocycles. The lowest BCUT2D eigenvalue weighted by molar-refractivity contribution is -0.394. The summed E-state index contributed by atoms with van der Waals surface area (Å²) < 4.78 is 50.0. The third-order valence-electron chi connectivity index (χ3n) is 5.95. The Morgan fingerprint density at radius 2 is 0.977 bits per heavy atom. The van der Waals surface area contributed by atoms with Gasteiger partial charge in [-0.3, -0.25) is 20.2 Å². The fourth-order valence-corrected chi connectivity index (χ4v) is 3.84. The van der Waals surface area contributed by atoms with Gasteiger partial charge in [0.05, 0.1) is 121 Å². The molecule has 0 amide bonds. The Morgan fingerprint density at radius 3 is 1.32 bits per heavy atom. The van der Waals surface area contributed by atoms with Crippen molar-refractivity contribution in [3.8, 4) is 11.5 Å². The van der Waals surface area contributed by atoms with Gasteiger partial charge in [0.15, 0.2) is 0 Å². The predicted octanol–water partition coefficient (Wildman–Crippen LogP) is 2.86. The highest BCUT2D eigenvalue weighted by Gasteiger charge is 2.23. The lowest BCUT2D eigenvalue weighted by atomic mass is 10.1. The number of nitro benzene ring substituents is 2. The van der Waals surface area contributed by atoms with Gasteiger partial charge in [-0.1, -0.05) is 0 Å². The summed E-state index contributed by atoms with van der Waals surface area (Å²) in [5, 5.41) is 22.7. The average Bonchev–Trinajstić information content (AvgIpc) is 3.01. The minimum absolute atomic E-state index is 0.0256. The number of hydrogen-bond donors (Lipinski definition) is 0. The zero-order valence-electron chi connectivity index (χ0n) is 24.4. The number of methoxy groups -OCH3 is 1. The number of carbonyl (C=O) groups excluding carboxylic acids is 1. The molecule has 16 nitrogen and oxygen atoms in total. The van der Waals surface area contributed by atoms with E-state index >= 15 is 0 Å². The van der Waals surface area contributed by atoms with E-state index in [4.69, 9.17) is 42.6 Å². The Bertz CT molecular complexity index is 1150. The Balaban J connectivity index is 1.80. The molecule has 0 radical (unpaired) electrons. The predicted molar refractivity (Wildman–Crippen MR) is 151 cm³/mol. The molecule has 0 N–H and O–H groups in total. The maximum absolute atomic E-state index is 13.2. The summed E-state index contributed by atoms with van der Waals surface area (Å²) in [5.74, 6) is -0.555. The Kier molecular flexibility index (Phi) is 15.4. The molecule has 2 aromatic carbocycles. The van der Waals surface area contributed by atoms with Gasteiger partial charge >= 0.3 is 5.97 Å². The summed E-state index contributed by atoms with van der Waals surface area (Å²) in [6.45, 7) is 4.08. The van der Waals surface area contributed by atoms with Crippen LogP contribution in [-0.4, -0.2) is 102 Å². The van der Waals surface area contributed by atoms with E-state index in [0.717, 1.165) is 18.2 Å². The van der Waals surface area contributed by atoms with Gasteiger partial charge in [-0.2, -0.15) is 0 Å². The first-order chi connectivity index (χ1) is 21.4. The topological polar surface area (TPSA) is 186 Å². The van der Waals surface area contributed by atoms with Gasteiger partial charge in [-0.05, 0) is 12.1 Å². The van der Waals surface area contributed by atoms with Crippen LogP contribution in [0, 0.1) is 20.2 Å². The third-order valence-corrected chi connectivity index (χ3v) is 5.95. The lowest BCUT2D eigenvalue weighted by Gasteiger charge is -2.17. The van der Waals surface area contributed by atoms with Crippen LogP contribution in [0.2, 0.25) is 0 Å². The number of benzene rings is 2. The molecule has 1 heterocycles. The molecule has 1 aliphatic rings. The minimum Gasteiger partial charge on any atom is -0.497 e. The van der Waals surface area contributed by atoms with Crippen LogP contribution in [-0.2, 0) is 46.4 Å². The molecule has 0 unspecified atom stereocenters. The van der Waals surface area contributed by atoms with Gasteiger partial charge in [-0.25, -0.2) is 4.79 Å². The fraction of sp³-hybridized carbons (Fsp3) is 0.536.